The zero-order valence-electron chi connectivity index (χ0n) is 5.97. The zero-order chi connectivity index (χ0) is 9.03. The third-order valence-corrected chi connectivity index (χ3v) is 2.78. The Kier molecular flexibility index (Phi) is 3.17. The predicted octanol–water partition coefficient (Wildman–Crippen LogP) is 0.725. The minimum absolute atomic E-state index is 0.382. The summed E-state index contributed by atoms with van der Waals surface area (Å²) >= 11 is 0. The van der Waals surface area contributed by atoms with Crippen LogP contribution in [0.25, 0.3) is 0 Å². The zero-order valence-corrected chi connectivity index (χ0v) is 7.78. The van der Waals surface area contributed by atoms with Crippen molar-refractivity contribution >= 4 is 24.5 Å². The lowest BCUT2D eigenvalue weighted by atomic mass is 10.4. The van der Waals surface area contributed by atoms with E-state index in [1.165, 1.54) is 0 Å². The van der Waals surface area contributed by atoms with Crippen LogP contribution in [0.15, 0.2) is 30.3 Å². The molecule has 4 nitrogen and oxygen atoms in total. The van der Waals surface area contributed by atoms with Gasteiger partial charge in [0, 0.05) is 5.30 Å². The Morgan fingerprint density at radius 2 is 1.83 bits per heavy atom. The molecule has 1 N–H and O–H groups in total. The second-order valence-electron chi connectivity index (χ2n) is 1.98. The van der Waals surface area contributed by atoms with Crippen LogP contribution in [0.1, 0.15) is 0 Å². The van der Waals surface area contributed by atoms with E-state index in [4.69, 9.17) is 4.55 Å². The molecule has 0 aliphatic rings. The summed E-state index contributed by atoms with van der Waals surface area (Å²) in [6.45, 7) is 0. The van der Waals surface area contributed by atoms with Crippen molar-refractivity contribution in [1.82, 2.24) is 0 Å². The first-order valence-corrected chi connectivity index (χ1v) is 5.32. The number of benzene rings is 1. The summed E-state index contributed by atoms with van der Waals surface area (Å²) < 4.78 is 32.7. The summed E-state index contributed by atoms with van der Waals surface area (Å²) in [5.74, 6) is 0. The molecule has 6 heteroatoms. The van der Waals surface area contributed by atoms with Gasteiger partial charge >= 0.3 is 10.4 Å². The van der Waals surface area contributed by atoms with Crippen molar-refractivity contribution in [3.8, 4) is 0 Å². The Bertz CT molecular complexity index is 334. The molecule has 1 aromatic carbocycles. The van der Waals surface area contributed by atoms with E-state index in [-0.39, 0.29) is 8.81 Å². The summed E-state index contributed by atoms with van der Waals surface area (Å²) in [6.07, 6.45) is 0. The Morgan fingerprint density at radius 1 is 1.25 bits per heavy atom. The molecule has 0 saturated carbocycles. The van der Waals surface area contributed by atoms with Crippen LogP contribution in [0.5, 0.6) is 0 Å². The van der Waals surface area contributed by atoms with Crippen molar-refractivity contribution in [3.05, 3.63) is 30.3 Å². The highest BCUT2D eigenvalue weighted by atomic mass is 32.3. The minimum atomic E-state index is -4.31. The molecule has 0 saturated heterocycles. The van der Waals surface area contributed by atoms with Gasteiger partial charge in [-0.05, 0) is 0 Å². The second kappa shape index (κ2) is 3.96. The van der Waals surface area contributed by atoms with E-state index in [0.717, 1.165) is 5.30 Å². The Hall–Kier alpha value is -0.480. The van der Waals surface area contributed by atoms with E-state index in [0.29, 0.717) is 0 Å². The standard InChI is InChI=1S/C6H7O4PS/c7-12(8,9)10-11-6-4-2-1-3-5-6/h1-5,11H,(H,7,8,9). The monoisotopic (exact) mass is 206 g/mol. The van der Waals surface area contributed by atoms with Gasteiger partial charge in [-0.15, -0.1) is 0 Å². The Balaban J connectivity index is 2.56. The van der Waals surface area contributed by atoms with E-state index < -0.39 is 10.4 Å². The maximum Gasteiger partial charge on any atom is 0.400 e. The number of hydrogen-bond donors (Lipinski definition) is 1. The van der Waals surface area contributed by atoms with Crippen LogP contribution in [-0.2, 0) is 14.4 Å². The number of rotatable bonds is 3. The average Bonchev–Trinajstić information content (AvgIpc) is 2.02. The van der Waals surface area contributed by atoms with Crippen LogP contribution in [0, 0.1) is 0 Å². The molecule has 0 radical (unpaired) electrons. The van der Waals surface area contributed by atoms with Gasteiger partial charge in [-0.3, -0.25) is 4.55 Å². The highest BCUT2D eigenvalue weighted by Gasteiger charge is 2.03. The van der Waals surface area contributed by atoms with Crippen LogP contribution in [-0.4, -0.2) is 13.0 Å². The fourth-order valence-electron chi connectivity index (χ4n) is 0.607. The van der Waals surface area contributed by atoms with E-state index in [1.54, 1.807) is 30.3 Å². The molecule has 66 valence electrons. The van der Waals surface area contributed by atoms with Crippen LogP contribution in [0.2, 0.25) is 0 Å². The molecule has 1 rings (SSSR count). The Morgan fingerprint density at radius 3 is 2.33 bits per heavy atom. The van der Waals surface area contributed by atoms with Crippen molar-refractivity contribution in [2.24, 2.45) is 0 Å². The molecule has 0 bridgehead atoms. The highest BCUT2D eigenvalue weighted by Crippen LogP contribution is 2.13. The van der Waals surface area contributed by atoms with Gasteiger partial charge in [-0.25, -0.2) is 3.97 Å². The van der Waals surface area contributed by atoms with E-state index in [1.807, 2.05) is 0 Å². The summed E-state index contributed by atoms with van der Waals surface area (Å²) in [6, 6.07) is 8.75. The lowest BCUT2D eigenvalue weighted by Crippen LogP contribution is -2.00. The van der Waals surface area contributed by atoms with Gasteiger partial charge in [-0.2, -0.15) is 8.42 Å². The molecule has 0 aliphatic heterocycles. The first-order valence-electron chi connectivity index (χ1n) is 3.05. The van der Waals surface area contributed by atoms with E-state index in [9.17, 15) is 8.42 Å². The van der Waals surface area contributed by atoms with Crippen molar-refractivity contribution in [2.45, 2.75) is 0 Å². The average molecular weight is 206 g/mol. The molecule has 1 atom stereocenters. The van der Waals surface area contributed by atoms with E-state index in [2.05, 4.69) is 3.97 Å². The third kappa shape index (κ3) is 3.78. The van der Waals surface area contributed by atoms with E-state index >= 15 is 0 Å². The van der Waals surface area contributed by atoms with Crippen LogP contribution in [0.3, 0.4) is 0 Å². The molecule has 0 amide bonds. The Labute approximate surface area is 72.4 Å². The summed E-state index contributed by atoms with van der Waals surface area (Å²) in [5.41, 5.74) is 0. The fraction of sp³-hybridized carbons (Fsp3) is 0. The van der Waals surface area contributed by atoms with Gasteiger partial charge in [0.15, 0.2) is 0 Å². The normalized spacial score (nSPS) is 12.4. The fourth-order valence-corrected chi connectivity index (χ4v) is 1.74. The molecule has 1 unspecified atom stereocenters. The van der Waals surface area contributed by atoms with Crippen LogP contribution in [0.4, 0.5) is 0 Å². The SMILES string of the molecule is O=S(=O)(O)OPc1ccccc1. The van der Waals surface area contributed by atoms with Gasteiger partial charge in [0.1, 0.15) is 0 Å². The molecule has 0 spiro atoms. The first-order chi connectivity index (χ1) is 5.58. The van der Waals surface area contributed by atoms with Crippen LogP contribution >= 0.6 is 8.81 Å². The molecule has 0 aliphatic carbocycles. The van der Waals surface area contributed by atoms with Crippen molar-refractivity contribution in [2.75, 3.05) is 0 Å². The largest absolute Gasteiger partial charge is 0.400 e. The van der Waals surface area contributed by atoms with Gasteiger partial charge in [0.05, 0.1) is 8.81 Å². The molecule has 0 fully saturated rings. The molecule has 12 heavy (non-hydrogen) atoms. The maximum atomic E-state index is 10.1. The van der Waals surface area contributed by atoms with Crippen LogP contribution < -0.4 is 5.30 Å². The molecule has 1 aromatic rings. The molecular formula is C6H7O4PS. The third-order valence-electron chi connectivity index (χ3n) is 1.04. The van der Waals surface area contributed by atoms with Crippen molar-refractivity contribution in [3.63, 3.8) is 0 Å². The second-order valence-corrected chi connectivity index (χ2v) is 4.28. The lowest BCUT2D eigenvalue weighted by Gasteiger charge is -1.98. The summed E-state index contributed by atoms with van der Waals surface area (Å²) in [5, 5.41) is 0.718. The topological polar surface area (TPSA) is 63.6 Å². The van der Waals surface area contributed by atoms with Gasteiger partial charge < -0.3 is 0 Å². The maximum absolute atomic E-state index is 10.1. The van der Waals surface area contributed by atoms with Gasteiger partial charge in [0.2, 0.25) is 0 Å². The number of hydrogen-bond acceptors (Lipinski definition) is 3. The quantitative estimate of drug-likeness (QED) is 0.584. The summed E-state index contributed by atoms with van der Waals surface area (Å²) in [7, 11) is -4.69. The molecular weight excluding hydrogens is 199 g/mol. The van der Waals surface area contributed by atoms with Gasteiger partial charge in [0.25, 0.3) is 0 Å². The van der Waals surface area contributed by atoms with Gasteiger partial charge in [-0.1, -0.05) is 30.3 Å². The lowest BCUT2D eigenvalue weighted by molar-refractivity contribution is 0.405. The first kappa shape index (κ1) is 9.61. The summed E-state index contributed by atoms with van der Waals surface area (Å²) in [4.78, 5) is 0. The molecule has 0 aromatic heterocycles. The van der Waals surface area contributed by atoms with Crippen molar-refractivity contribution in [1.29, 1.82) is 0 Å². The smallest absolute Gasteiger partial charge is 0.263 e. The van der Waals surface area contributed by atoms with Crippen molar-refractivity contribution < 1.29 is 16.9 Å². The highest BCUT2D eigenvalue weighted by molar-refractivity contribution is 7.84. The minimum Gasteiger partial charge on any atom is -0.263 e. The predicted molar refractivity (Wildman–Crippen MR) is 47.0 cm³/mol. The molecule has 0 heterocycles.